The number of nitrogens with one attached hydrogen (secondary N) is 1. The maximum absolute atomic E-state index is 12.8. The quantitative estimate of drug-likeness (QED) is 0.218. The summed E-state index contributed by atoms with van der Waals surface area (Å²) in [6, 6.07) is 17.0. The molecule has 33 heavy (non-hydrogen) atoms. The Kier molecular flexibility index (Phi) is 7.68. The van der Waals surface area contributed by atoms with E-state index >= 15 is 0 Å². The topological polar surface area (TPSA) is 67.9 Å². The number of ether oxygens (including phenoxy) is 2. The molecule has 1 aromatic heterocycles. The third-order valence-electron chi connectivity index (χ3n) is 4.55. The first-order valence-electron chi connectivity index (χ1n) is 9.62. The van der Waals surface area contributed by atoms with E-state index in [1.807, 2.05) is 30.3 Å². The largest absolute Gasteiger partial charge is 0.493 e. The SMILES string of the molecule is COc1cc(/C=C2\SC(=S)N(NC(=O)c3cccs3)C2=O)ccc1OCc1ccc(I)cc1. The molecule has 0 aliphatic carbocycles. The summed E-state index contributed by atoms with van der Waals surface area (Å²) in [5.74, 6) is 0.395. The van der Waals surface area contributed by atoms with Gasteiger partial charge in [-0.1, -0.05) is 36.0 Å². The van der Waals surface area contributed by atoms with Gasteiger partial charge in [-0.05, 0) is 87.7 Å². The van der Waals surface area contributed by atoms with E-state index in [1.54, 1.807) is 42.8 Å². The van der Waals surface area contributed by atoms with E-state index in [4.69, 9.17) is 21.7 Å². The Labute approximate surface area is 218 Å². The molecule has 1 N–H and O–H groups in total. The second kappa shape index (κ2) is 10.7. The standard InChI is InChI=1S/C23H17IN2O4S3/c1-29-18-11-15(6-9-17(18)30-13-14-4-7-16(24)8-5-14)12-20-22(28)26(23(31)33-20)25-21(27)19-3-2-10-32-19/h2-12H,13H2,1H3,(H,25,27)/b20-12-. The summed E-state index contributed by atoms with van der Waals surface area (Å²) in [7, 11) is 1.57. The molecule has 1 fully saturated rings. The number of hydrogen-bond donors (Lipinski definition) is 1. The Balaban J connectivity index is 1.46. The first-order chi connectivity index (χ1) is 15.9. The number of carbonyl (C=O) groups excluding carboxylic acids is 2. The lowest BCUT2D eigenvalue weighted by molar-refractivity contribution is -0.123. The first-order valence-corrected chi connectivity index (χ1v) is 12.8. The monoisotopic (exact) mass is 608 g/mol. The molecule has 10 heteroatoms. The number of halogens is 1. The van der Waals surface area contributed by atoms with E-state index in [0.29, 0.717) is 27.9 Å². The number of hydrogen-bond acceptors (Lipinski definition) is 7. The zero-order valence-corrected chi connectivity index (χ0v) is 21.8. The van der Waals surface area contributed by atoms with Crippen LogP contribution in [0.15, 0.2) is 64.9 Å². The van der Waals surface area contributed by atoms with E-state index in [2.05, 4.69) is 28.0 Å². The second-order valence-electron chi connectivity index (χ2n) is 6.76. The van der Waals surface area contributed by atoms with Crippen molar-refractivity contribution in [3.8, 4) is 11.5 Å². The normalized spacial score (nSPS) is 14.6. The molecule has 1 saturated heterocycles. The van der Waals surface area contributed by atoms with E-state index in [0.717, 1.165) is 31.5 Å². The van der Waals surface area contributed by atoms with Gasteiger partial charge >= 0.3 is 0 Å². The smallest absolute Gasteiger partial charge is 0.285 e. The lowest BCUT2D eigenvalue weighted by Crippen LogP contribution is -2.44. The van der Waals surface area contributed by atoms with Gasteiger partial charge in [-0.2, -0.15) is 5.01 Å². The van der Waals surface area contributed by atoms with Crippen molar-refractivity contribution < 1.29 is 19.1 Å². The molecule has 6 nitrogen and oxygen atoms in total. The summed E-state index contributed by atoms with van der Waals surface area (Å²) in [6.07, 6.45) is 1.71. The minimum absolute atomic E-state index is 0.264. The molecule has 0 spiro atoms. The fraction of sp³-hybridized carbons (Fsp3) is 0.0870. The van der Waals surface area contributed by atoms with Crippen LogP contribution in [0.4, 0.5) is 0 Å². The third kappa shape index (κ3) is 5.75. The van der Waals surface area contributed by atoms with Crippen LogP contribution in [0.3, 0.4) is 0 Å². The highest BCUT2D eigenvalue weighted by Gasteiger charge is 2.34. The Hall–Kier alpha value is -2.41. The molecule has 2 amide bonds. The van der Waals surface area contributed by atoms with Gasteiger partial charge < -0.3 is 9.47 Å². The van der Waals surface area contributed by atoms with Crippen molar-refractivity contribution in [3.05, 3.63) is 84.5 Å². The summed E-state index contributed by atoms with van der Waals surface area (Å²) in [5.41, 5.74) is 4.37. The third-order valence-corrected chi connectivity index (χ3v) is 7.44. The number of thiocarbonyl (C=S) groups is 1. The van der Waals surface area contributed by atoms with Crippen molar-refractivity contribution in [2.75, 3.05) is 7.11 Å². The first kappa shape index (κ1) is 23.7. The number of nitrogens with zero attached hydrogens (tertiary/aromatic N) is 1. The fourth-order valence-corrected chi connectivity index (χ4v) is 5.07. The van der Waals surface area contributed by atoms with Crippen LogP contribution in [0.2, 0.25) is 0 Å². The molecule has 1 aliphatic rings. The van der Waals surface area contributed by atoms with Gasteiger partial charge in [0, 0.05) is 3.57 Å². The molecule has 0 bridgehead atoms. The van der Waals surface area contributed by atoms with Gasteiger partial charge in [0.1, 0.15) is 6.61 Å². The molecule has 0 atom stereocenters. The van der Waals surface area contributed by atoms with E-state index < -0.39 is 0 Å². The molecule has 168 valence electrons. The van der Waals surface area contributed by atoms with Crippen LogP contribution < -0.4 is 14.9 Å². The molecular weight excluding hydrogens is 591 g/mol. The number of carbonyl (C=O) groups is 2. The van der Waals surface area contributed by atoms with Crippen molar-refractivity contribution in [2.24, 2.45) is 0 Å². The Bertz CT molecular complexity index is 1230. The zero-order valence-electron chi connectivity index (χ0n) is 17.2. The van der Waals surface area contributed by atoms with Gasteiger partial charge in [-0.15, -0.1) is 11.3 Å². The van der Waals surface area contributed by atoms with Crippen LogP contribution in [0.5, 0.6) is 11.5 Å². The minimum atomic E-state index is -0.382. The van der Waals surface area contributed by atoms with Crippen molar-refractivity contribution in [3.63, 3.8) is 0 Å². The van der Waals surface area contributed by atoms with Crippen LogP contribution in [-0.2, 0) is 11.4 Å². The summed E-state index contributed by atoms with van der Waals surface area (Å²) >= 11 is 9.96. The minimum Gasteiger partial charge on any atom is -0.493 e. The van der Waals surface area contributed by atoms with Crippen LogP contribution in [-0.4, -0.2) is 28.3 Å². The Morgan fingerprint density at radius 3 is 2.67 bits per heavy atom. The summed E-state index contributed by atoms with van der Waals surface area (Å²) in [6.45, 7) is 0.412. The number of hydrazine groups is 1. The van der Waals surface area contributed by atoms with Crippen molar-refractivity contribution in [1.82, 2.24) is 10.4 Å². The lowest BCUT2D eigenvalue weighted by atomic mass is 10.2. The molecule has 0 saturated carbocycles. The Morgan fingerprint density at radius 2 is 1.97 bits per heavy atom. The van der Waals surface area contributed by atoms with Gasteiger partial charge in [0.05, 0.1) is 16.9 Å². The molecule has 2 aromatic carbocycles. The molecule has 3 aromatic rings. The number of benzene rings is 2. The maximum Gasteiger partial charge on any atom is 0.285 e. The highest BCUT2D eigenvalue weighted by molar-refractivity contribution is 14.1. The van der Waals surface area contributed by atoms with Crippen LogP contribution in [0.25, 0.3) is 6.08 Å². The highest BCUT2D eigenvalue weighted by Crippen LogP contribution is 2.34. The van der Waals surface area contributed by atoms with Gasteiger partial charge in [0.25, 0.3) is 11.8 Å². The fourth-order valence-electron chi connectivity index (χ4n) is 2.91. The lowest BCUT2D eigenvalue weighted by Gasteiger charge is -2.14. The maximum atomic E-state index is 12.8. The predicted octanol–water partition coefficient (Wildman–Crippen LogP) is 5.49. The van der Waals surface area contributed by atoms with Crippen LogP contribution in [0, 0.1) is 3.57 Å². The number of rotatable bonds is 7. The number of thioether (sulfide) groups is 1. The van der Waals surface area contributed by atoms with Gasteiger partial charge in [-0.25, -0.2) is 0 Å². The molecule has 2 heterocycles. The van der Waals surface area contributed by atoms with E-state index in [-0.39, 0.29) is 16.1 Å². The molecule has 4 rings (SSSR count). The molecular formula is C23H17IN2O4S3. The molecule has 1 aliphatic heterocycles. The Morgan fingerprint density at radius 1 is 1.18 bits per heavy atom. The molecule has 0 unspecified atom stereocenters. The van der Waals surface area contributed by atoms with E-state index in [1.165, 1.54) is 11.3 Å². The highest BCUT2D eigenvalue weighted by atomic mass is 127. The van der Waals surface area contributed by atoms with Crippen LogP contribution >= 0.6 is 57.9 Å². The number of methoxy groups -OCH3 is 1. The second-order valence-corrected chi connectivity index (χ2v) is 10.6. The summed E-state index contributed by atoms with van der Waals surface area (Å²) in [5, 5.41) is 2.89. The van der Waals surface area contributed by atoms with E-state index in [9.17, 15) is 9.59 Å². The number of thiophene rings is 1. The average molecular weight is 609 g/mol. The van der Waals surface area contributed by atoms with Crippen molar-refractivity contribution >= 4 is 80.1 Å². The summed E-state index contributed by atoms with van der Waals surface area (Å²) < 4.78 is 12.8. The average Bonchev–Trinajstić information content (AvgIpc) is 3.44. The molecule has 0 radical (unpaired) electrons. The van der Waals surface area contributed by atoms with Crippen LogP contribution in [0.1, 0.15) is 20.8 Å². The predicted molar refractivity (Wildman–Crippen MR) is 143 cm³/mol. The van der Waals surface area contributed by atoms with Crippen molar-refractivity contribution in [1.29, 1.82) is 0 Å². The van der Waals surface area contributed by atoms with Gasteiger partial charge in [0.2, 0.25) is 0 Å². The number of amides is 2. The van der Waals surface area contributed by atoms with Gasteiger partial charge in [-0.3, -0.25) is 15.0 Å². The zero-order chi connectivity index (χ0) is 23.4. The van der Waals surface area contributed by atoms with Gasteiger partial charge in [0.15, 0.2) is 15.8 Å². The van der Waals surface area contributed by atoms with Crippen molar-refractivity contribution in [2.45, 2.75) is 6.61 Å². The summed E-state index contributed by atoms with van der Waals surface area (Å²) in [4.78, 5) is 26.0.